The number of azo groups is 1. The van der Waals surface area contributed by atoms with E-state index in [-0.39, 0.29) is 49.5 Å². The summed E-state index contributed by atoms with van der Waals surface area (Å²) < 4.78 is 98.2. The van der Waals surface area contributed by atoms with Crippen LogP contribution in [0.3, 0.4) is 0 Å². The van der Waals surface area contributed by atoms with E-state index in [9.17, 15) is 44.0 Å². The molecule has 0 aromatic heterocycles. The third-order valence-electron chi connectivity index (χ3n) is 4.99. The zero-order valence-electron chi connectivity index (χ0n) is 17.7. The van der Waals surface area contributed by atoms with Crippen LogP contribution in [-0.4, -0.2) is 61.4 Å². The maximum Gasteiger partial charge on any atom is 3.00 e. The number of rotatable bonds is 5. The Morgan fingerprint density at radius 3 is 1.81 bits per heavy atom. The van der Waals surface area contributed by atoms with Crippen molar-refractivity contribution in [2.45, 2.75) is 14.7 Å². The van der Waals surface area contributed by atoms with Gasteiger partial charge in [-0.1, -0.05) is 30.3 Å². The van der Waals surface area contributed by atoms with E-state index in [4.69, 9.17) is 0 Å². The third-order valence-corrected chi connectivity index (χ3v) is 7.62. The van der Waals surface area contributed by atoms with Crippen LogP contribution in [0.5, 0.6) is 5.75 Å². The molecule has 0 heterocycles. The molecule has 0 saturated carbocycles. The largest absolute Gasteiger partial charge is 3.00 e. The monoisotopic (exact) mass is 565 g/mol. The van der Waals surface area contributed by atoms with Crippen molar-refractivity contribution < 1.29 is 44.0 Å². The molecule has 0 unspecified atom stereocenters. The average Bonchev–Trinajstić information content (AvgIpc) is 2.75. The first-order valence-electron chi connectivity index (χ1n) is 9.33. The zero-order valence-corrected chi connectivity index (χ0v) is 21.3. The van der Waals surface area contributed by atoms with Crippen molar-refractivity contribution in [1.82, 2.24) is 0 Å². The van der Waals surface area contributed by atoms with E-state index < -0.39 is 51.6 Å². The number of aromatic hydroxyl groups is 1. The predicted octanol–water partition coefficient (Wildman–Crippen LogP) is 3.47. The summed E-state index contributed by atoms with van der Waals surface area (Å²) in [5.41, 5.74) is -0.382. The molecule has 0 bridgehead atoms. The summed E-state index contributed by atoms with van der Waals surface area (Å²) in [6.07, 6.45) is 0. The minimum absolute atomic E-state index is 0. The van der Waals surface area contributed by atoms with Crippen molar-refractivity contribution in [1.29, 1.82) is 0 Å². The first-order chi connectivity index (χ1) is 16.2. The number of nitrogens with zero attached hydrogens (tertiary/aromatic N) is 2. The average molecular weight is 566 g/mol. The Kier molecular flexibility index (Phi) is 7.30. The van der Waals surface area contributed by atoms with Gasteiger partial charge in [-0.15, -0.1) is 10.2 Å². The van der Waals surface area contributed by atoms with E-state index in [1.807, 2.05) is 0 Å². The minimum Gasteiger partial charge on any atom is -0.504 e. The fourth-order valence-corrected chi connectivity index (χ4v) is 5.29. The Bertz CT molecular complexity index is 1890. The molecular formula is C20H14AlN2O10S3+3. The summed E-state index contributed by atoms with van der Waals surface area (Å²) >= 11 is 0. The molecule has 0 amide bonds. The molecule has 36 heavy (non-hydrogen) atoms. The van der Waals surface area contributed by atoms with Gasteiger partial charge < -0.3 is 5.11 Å². The maximum atomic E-state index is 11.8. The molecule has 4 aromatic rings. The van der Waals surface area contributed by atoms with Crippen molar-refractivity contribution in [3.05, 3.63) is 60.7 Å². The van der Waals surface area contributed by atoms with E-state index in [2.05, 4.69) is 10.2 Å². The van der Waals surface area contributed by atoms with Gasteiger partial charge in [0.05, 0.1) is 10.6 Å². The van der Waals surface area contributed by atoms with Gasteiger partial charge in [-0.2, -0.15) is 25.3 Å². The van der Waals surface area contributed by atoms with Gasteiger partial charge in [0, 0.05) is 16.2 Å². The first-order valence-corrected chi connectivity index (χ1v) is 13.7. The Hall–Kier alpha value is -2.94. The van der Waals surface area contributed by atoms with Crippen LogP contribution in [0.25, 0.3) is 21.5 Å². The minimum atomic E-state index is -4.99. The summed E-state index contributed by atoms with van der Waals surface area (Å²) in [5, 5.41) is 18.6. The molecule has 0 spiro atoms. The summed E-state index contributed by atoms with van der Waals surface area (Å²) in [4.78, 5) is -1.95. The van der Waals surface area contributed by atoms with Crippen LogP contribution in [-0.2, 0) is 30.4 Å². The number of hydrogen-bond acceptors (Lipinski definition) is 9. The van der Waals surface area contributed by atoms with Gasteiger partial charge in [0.1, 0.15) is 15.5 Å². The molecule has 182 valence electrons. The van der Waals surface area contributed by atoms with E-state index in [0.29, 0.717) is 0 Å². The van der Waals surface area contributed by atoms with Crippen molar-refractivity contribution in [2.24, 2.45) is 10.2 Å². The smallest absolute Gasteiger partial charge is 0.504 e. The van der Waals surface area contributed by atoms with Crippen LogP contribution in [0.4, 0.5) is 11.4 Å². The van der Waals surface area contributed by atoms with E-state index in [1.54, 1.807) is 6.07 Å². The second-order valence-electron chi connectivity index (χ2n) is 7.21. The number of hydrogen-bond donors (Lipinski definition) is 4. The normalized spacial score (nSPS) is 12.8. The topological polar surface area (TPSA) is 208 Å². The van der Waals surface area contributed by atoms with Crippen LogP contribution >= 0.6 is 0 Å². The Morgan fingerprint density at radius 1 is 0.611 bits per heavy atom. The second kappa shape index (κ2) is 9.50. The molecule has 0 aliphatic carbocycles. The molecule has 0 radical (unpaired) electrons. The zero-order chi connectivity index (χ0) is 25.8. The summed E-state index contributed by atoms with van der Waals surface area (Å²) in [6, 6.07) is 12.1. The number of phenolic OH excluding ortho intramolecular Hbond substituents is 1. The molecule has 12 nitrogen and oxygen atoms in total. The third kappa shape index (κ3) is 5.26. The van der Waals surface area contributed by atoms with Crippen molar-refractivity contribution in [3.8, 4) is 5.75 Å². The molecule has 16 heteroatoms. The number of phenols is 1. The van der Waals surface area contributed by atoms with Crippen LogP contribution in [0.15, 0.2) is 85.6 Å². The second-order valence-corrected chi connectivity index (χ2v) is 11.4. The Labute approximate surface area is 215 Å². The molecule has 0 atom stereocenters. The van der Waals surface area contributed by atoms with Crippen LogP contribution < -0.4 is 0 Å². The van der Waals surface area contributed by atoms with Crippen LogP contribution in [0, 0.1) is 0 Å². The molecule has 0 fully saturated rings. The maximum absolute atomic E-state index is 11.8. The molecule has 0 saturated heterocycles. The molecular weight excluding hydrogens is 551 g/mol. The van der Waals surface area contributed by atoms with E-state index >= 15 is 0 Å². The molecule has 0 aliphatic heterocycles. The molecule has 4 rings (SSSR count). The van der Waals surface area contributed by atoms with Crippen LogP contribution in [0.1, 0.15) is 0 Å². The Morgan fingerprint density at radius 2 is 1.22 bits per heavy atom. The van der Waals surface area contributed by atoms with Gasteiger partial charge in [-0.3, -0.25) is 13.7 Å². The van der Waals surface area contributed by atoms with Gasteiger partial charge in [0.2, 0.25) is 0 Å². The summed E-state index contributed by atoms with van der Waals surface area (Å²) in [7, 11) is -14.2. The number of fused-ring (bicyclic) bond motifs is 2. The van der Waals surface area contributed by atoms with Gasteiger partial charge in [-0.05, 0) is 35.7 Å². The van der Waals surface area contributed by atoms with E-state index in [1.165, 1.54) is 24.3 Å². The molecule has 4 N–H and O–H groups in total. The van der Waals surface area contributed by atoms with Gasteiger partial charge in [-0.25, -0.2) is 0 Å². The molecule has 4 aromatic carbocycles. The van der Waals surface area contributed by atoms with Crippen molar-refractivity contribution in [3.63, 3.8) is 0 Å². The van der Waals surface area contributed by atoms with Crippen LogP contribution in [0.2, 0.25) is 0 Å². The van der Waals surface area contributed by atoms with Gasteiger partial charge in [0.25, 0.3) is 30.4 Å². The quantitative estimate of drug-likeness (QED) is 0.157. The van der Waals surface area contributed by atoms with Crippen molar-refractivity contribution >= 4 is 80.6 Å². The fourth-order valence-electron chi connectivity index (χ4n) is 3.46. The SMILES string of the molecule is O=S(=O)(O)c1ccc2c(N=Nc3ccc(S(=O)(=O)O)c4ccccc34)c(O)c(S(=O)(=O)O)cc2c1.[Al+3]. The van der Waals surface area contributed by atoms with E-state index in [0.717, 1.165) is 30.3 Å². The number of benzene rings is 4. The van der Waals surface area contributed by atoms with Gasteiger partial charge in [0.15, 0.2) is 5.75 Å². The Balaban J connectivity index is 0.00000361. The summed E-state index contributed by atoms with van der Waals surface area (Å²) in [6.45, 7) is 0. The fraction of sp³-hybridized carbons (Fsp3) is 0. The summed E-state index contributed by atoms with van der Waals surface area (Å²) in [5.74, 6) is -0.984. The van der Waals surface area contributed by atoms with Crippen molar-refractivity contribution in [2.75, 3.05) is 0 Å². The molecule has 0 aliphatic rings. The predicted molar refractivity (Wildman–Crippen MR) is 129 cm³/mol. The first kappa shape index (κ1) is 27.6. The standard InChI is InChI=1S/C20H14N2O10S3.Al/c23-20-18(35(30,31)32)10-11-9-12(33(24,25)26)5-6-13(11)19(20)22-21-16-7-8-17(34(27,28)29)15-4-2-1-3-14(15)16;/h1-10,23H,(H,24,25,26)(H,27,28,29)(H,30,31,32);/q;+3. The van der Waals surface area contributed by atoms with Gasteiger partial charge >= 0.3 is 17.4 Å².